The molecule has 0 aliphatic carbocycles. The van der Waals surface area contributed by atoms with Crippen LogP contribution in [0.3, 0.4) is 0 Å². The van der Waals surface area contributed by atoms with E-state index < -0.39 is 0 Å². The first-order valence-corrected chi connectivity index (χ1v) is 11.7. The second kappa shape index (κ2) is 8.87. The van der Waals surface area contributed by atoms with E-state index >= 15 is 0 Å². The van der Waals surface area contributed by atoms with Gasteiger partial charge in [-0.2, -0.15) is 4.98 Å². The average molecular weight is 457 g/mol. The van der Waals surface area contributed by atoms with Gasteiger partial charge in [0.15, 0.2) is 5.82 Å². The highest BCUT2D eigenvalue weighted by Gasteiger charge is 2.32. The van der Waals surface area contributed by atoms with E-state index in [0.717, 1.165) is 48.1 Å². The number of hydrogen-bond donors (Lipinski definition) is 0. The van der Waals surface area contributed by atoms with E-state index in [1.807, 2.05) is 30.7 Å². The first-order chi connectivity index (χ1) is 15.2. The van der Waals surface area contributed by atoms with Gasteiger partial charge in [-0.05, 0) is 43.9 Å². The third-order valence-corrected chi connectivity index (χ3v) is 6.88. The molecule has 1 saturated heterocycles. The fourth-order valence-corrected chi connectivity index (χ4v) is 4.98. The Hall–Kier alpha value is -2.38. The molecule has 2 atom stereocenters. The zero-order valence-corrected chi connectivity index (χ0v) is 20.6. The van der Waals surface area contributed by atoms with Crippen molar-refractivity contribution < 1.29 is 0 Å². The monoisotopic (exact) mass is 456 g/mol. The van der Waals surface area contributed by atoms with E-state index in [1.165, 1.54) is 5.56 Å². The summed E-state index contributed by atoms with van der Waals surface area (Å²) in [5.74, 6) is 2.15. The zero-order valence-electron chi connectivity index (χ0n) is 19.8. The molecule has 0 amide bonds. The zero-order chi connectivity index (χ0) is 23.2. The number of aryl methyl sites for hydroxylation is 3. The minimum atomic E-state index is -0.246. The molecule has 0 radical (unpaired) electrons. The molecule has 1 aromatic carbocycles. The van der Waals surface area contributed by atoms with Crippen LogP contribution in [0.4, 0.5) is 5.82 Å². The molecule has 7 nitrogen and oxygen atoms in total. The molecule has 1 aliphatic rings. The fourth-order valence-electron chi connectivity index (χ4n) is 4.85. The Labute approximate surface area is 194 Å². The normalized spacial score (nSPS) is 18.6. The number of fused-ring (bicyclic) bond motifs is 1. The summed E-state index contributed by atoms with van der Waals surface area (Å²) in [4.78, 5) is 26.6. The Kier molecular flexibility index (Phi) is 6.32. The summed E-state index contributed by atoms with van der Waals surface area (Å²) < 4.78 is 3.54. The summed E-state index contributed by atoms with van der Waals surface area (Å²) in [5.41, 5.74) is 2.66. The topological polar surface area (TPSA) is 59.2 Å². The first kappa shape index (κ1) is 22.8. The van der Waals surface area contributed by atoms with E-state index in [9.17, 15) is 4.79 Å². The van der Waals surface area contributed by atoms with Crippen molar-refractivity contribution in [2.75, 3.05) is 24.5 Å². The third kappa shape index (κ3) is 4.16. The molecule has 0 spiro atoms. The second-order valence-electron chi connectivity index (χ2n) is 9.40. The maximum atomic E-state index is 12.6. The van der Waals surface area contributed by atoms with Crippen molar-refractivity contribution in [3.05, 3.63) is 51.2 Å². The van der Waals surface area contributed by atoms with Crippen molar-refractivity contribution in [2.24, 2.45) is 20.0 Å². The lowest BCUT2D eigenvalue weighted by atomic mass is 9.94. The molecular formula is C24H33ClN6O. The summed E-state index contributed by atoms with van der Waals surface area (Å²) in [6.45, 7) is 11.3. The van der Waals surface area contributed by atoms with Gasteiger partial charge in [0.1, 0.15) is 17.0 Å². The van der Waals surface area contributed by atoms with E-state index in [-0.39, 0.29) is 11.7 Å². The molecule has 2 unspecified atom stereocenters. The fraction of sp³-hybridized carbons (Fsp3) is 0.542. The van der Waals surface area contributed by atoms with Gasteiger partial charge >= 0.3 is 5.69 Å². The van der Waals surface area contributed by atoms with E-state index in [1.54, 1.807) is 11.6 Å². The van der Waals surface area contributed by atoms with Gasteiger partial charge in [-0.1, -0.05) is 37.6 Å². The van der Waals surface area contributed by atoms with Crippen LogP contribution in [-0.2, 0) is 14.1 Å². The molecule has 0 saturated carbocycles. The van der Waals surface area contributed by atoms with Crippen molar-refractivity contribution in [1.29, 1.82) is 0 Å². The van der Waals surface area contributed by atoms with Crippen LogP contribution in [0.15, 0.2) is 29.1 Å². The molecule has 32 heavy (non-hydrogen) atoms. The van der Waals surface area contributed by atoms with Crippen LogP contribution in [0.1, 0.15) is 44.6 Å². The van der Waals surface area contributed by atoms with Gasteiger partial charge in [0.2, 0.25) is 0 Å². The van der Waals surface area contributed by atoms with Gasteiger partial charge in [-0.15, -0.1) is 0 Å². The summed E-state index contributed by atoms with van der Waals surface area (Å²) >= 11 is 6.14. The number of rotatable bonds is 5. The quantitative estimate of drug-likeness (QED) is 0.582. The summed E-state index contributed by atoms with van der Waals surface area (Å²) in [5, 5.41) is 0.765. The number of halogens is 1. The van der Waals surface area contributed by atoms with Gasteiger partial charge in [-0.3, -0.25) is 9.47 Å². The van der Waals surface area contributed by atoms with Gasteiger partial charge in [0.25, 0.3) is 0 Å². The number of aromatic nitrogens is 4. The van der Waals surface area contributed by atoms with E-state index in [2.05, 4.69) is 47.7 Å². The second-order valence-corrected chi connectivity index (χ2v) is 9.84. The van der Waals surface area contributed by atoms with Crippen molar-refractivity contribution in [1.82, 2.24) is 24.0 Å². The highest BCUT2D eigenvalue weighted by atomic mass is 35.5. The lowest BCUT2D eigenvalue weighted by Crippen LogP contribution is -2.53. The Morgan fingerprint density at radius 2 is 1.78 bits per heavy atom. The maximum absolute atomic E-state index is 12.6. The summed E-state index contributed by atoms with van der Waals surface area (Å²) in [6, 6.07) is 8.80. The number of nitrogens with zero attached hydrogens (tertiary/aromatic N) is 6. The van der Waals surface area contributed by atoms with Gasteiger partial charge < -0.3 is 9.47 Å². The third-order valence-electron chi connectivity index (χ3n) is 6.63. The summed E-state index contributed by atoms with van der Waals surface area (Å²) in [7, 11) is 3.70. The predicted octanol–water partition coefficient (Wildman–Crippen LogP) is 3.93. The SMILES string of the molecule is Cc1nc2c(N3CCN(C(CC(C)C)c4ccc(Cl)cc4)CC3C)nc(=O)n(C)c2n1C. The molecule has 1 aliphatic heterocycles. The molecule has 2 aromatic heterocycles. The Morgan fingerprint density at radius 1 is 1.09 bits per heavy atom. The number of imidazole rings is 1. The van der Waals surface area contributed by atoms with Gasteiger partial charge in [0.05, 0.1) is 0 Å². The number of piperazine rings is 1. The minimum absolute atomic E-state index is 0.204. The summed E-state index contributed by atoms with van der Waals surface area (Å²) in [6.07, 6.45) is 1.09. The van der Waals surface area contributed by atoms with Crippen LogP contribution in [0.2, 0.25) is 5.02 Å². The van der Waals surface area contributed by atoms with Crippen LogP contribution in [0, 0.1) is 12.8 Å². The Morgan fingerprint density at radius 3 is 2.41 bits per heavy atom. The molecule has 8 heteroatoms. The number of hydrogen-bond acceptors (Lipinski definition) is 5. The molecule has 3 aromatic rings. The van der Waals surface area contributed by atoms with Crippen LogP contribution < -0.4 is 10.6 Å². The van der Waals surface area contributed by atoms with Gasteiger partial charge in [-0.25, -0.2) is 9.78 Å². The van der Waals surface area contributed by atoms with Crippen molar-refractivity contribution in [3.8, 4) is 0 Å². The minimum Gasteiger partial charge on any atom is -0.349 e. The van der Waals surface area contributed by atoms with E-state index in [0.29, 0.717) is 17.8 Å². The number of benzene rings is 1. The van der Waals surface area contributed by atoms with Crippen molar-refractivity contribution >= 4 is 28.6 Å². The molecule has 4 rings (SSSR count). The van der Waals surface area contributed by atoms with Gasteiger partial charge in [0, 0.05) is 50.8 Å². The predicted molar refractivity (Wildman–Crippen MR) is 131 cm³/mol. The first-order valence-electron chi connectivity index (χ1n) is 11.3. The molecule has 3 heterocycles. The van der Waals surface area contributed by atoms with Crippen molar-refractivity contribution in [2.45, 2.75) is 46.2 Å². The lowest BCUT2D eigenvalue weighted by molar-refractivity contribution is 0.146. The largest absolute Gasteiger partial charge is 0.350 e. The Bertz CT molecular complexity index is 1170. The van der Waals surface area contributed by atoms with Crippen molar-refractivity contribution in [3.63, 3.8) is 0 Å². The van der Waals surface area contributed by atoms with Crippen LogP contribution in [-0.4, -0.2) is 49.7 Å². The smallest absolute Gasteiger partial charge is 0.349 e. The Balaban J connectivity index is 1.64. The van der Waals surface area contributed by atoms with Crippen LogP contribution in [0.5, 0.6) is 0 Å². The highest BCUT2D eigenvalue weighted by molar-refractivity contribution is 6.30. The molecular weight excluding hydrogens is 424 g/mol. The van der Waals surface area contributed by atoms with Crippen LogP contribution >= 0.6 is 11.6 Å². The number of anilines is 1. The molecule has 172 valence electrons. The highest BCUT2D eigenvalue weighted by Crippen LogP contribution is 2.33. The molecule has 0 bridgehead atoms. The molecule has 0 N–H and O–H groups in total. The average Bonchev–Trinajstić information content (AvgIpc) is 3.04. The maximum Gasteiger partial charge on any atom is 0.350 e. The lowest BCUT2D eigenvalue weighted by Gasteiger charge is -2.44. The van der Waals surface area contributed by atoms with E-state index in [4.69, 9.17) is 16.6 Å². The standard InChI is InChI=1S/C24H33ClN6O/c1-15(2)13-20(18-7-9-19(25)10-8-18)30-11-12-31(16(3)14-30)22-21-23(28(5)17(4)26-21)29(6)24(32)27-22/h7-10,15-16,20H,11-14H2,1-6H3. The molecule has 1 fully saturated rings. The van der Waals surface area contributed by atoms with Crippen LogP contribution in [0.25, 0.3) is 11.2 Å².